The zero-order valence-electron chi connectivity index (χ0n) is 19.5. The number of rotatable bonds is 7. The highest BCUT2D eigenvalue weighted by Gasteiger charge is 2.34. The standard InChI is InChI=1S/C25H26N4O5S/c1-18-23(15-26)24(29(27-18)20-8-4-3-5-9-20)17-34-25(30)19-7-6-14-28(16-19)35(31,32)22-12-10-21(33-2)11-13-22/h3-5,8-13,19H,6-7,14,16-17H2,1-2H3/t19-/m0/s1. The van der Waals surface area contributed by atoms with Crippen molar-refractivity contribution in [2.75, 3.05) is 20.2 Å². The molecule has 0 N–H and O–H groups in total. The molecule has 2 heterocycles. The lowest BCUT2D eigenvalue weighted by Gasteiger charge is -2.30. The number of para-hydroxylation sites is 1. The highest BCUT2D eigenvalue weighted by atomic mass is 32.2. The number of piperidine rings is 1. The predicted molar refractivity (Wildman–Crippen MR) is 127 cm³/mol. The summed E-state index contributed by atoms with van der Waals surface area (Å²) < 4.78 is 39.8. The van der Waals surface area contributed by atoms with Crippen molar-refractivity contribution in [2.24, 2.45) is 5.92 Å². The molecule has 0 spiro atoms. The number of carbonyl (C=O) groups is 1. The number of benzene rings is 2. The van der Waals surface area contributed by atoms with Crippen molar-refractivity contribution in [3.63, 3.8) is 0 Å². The summed E-state index contributed by atoms with van der Waals surface area (Å²) in [5, 5.41) is 14.1. The molecule has 2 aromatic carbocycles. The molecule has 0 aliphatic carbocycles. The Bertz CT molecular complexity index is 1340. The van der Waals surface area contributed by atoms with Gasteiger partial charge in [-0.1, -0.05) is 18.2 Å². The fourth-order valence-corrected chi connectivity index (χ4v) is 5.67. The van der Waals surface area contributed by atoms with Crippen LogP contribution in [-0.4, -0.2) is 48.7 Å². The summed E-state index contributed by atoms with van der Waals surface area (Å²) in [6, 6.07) is 17.6. The van der Waals surface area contributed by atoms with Crippen molar-refractivity contribution in [1.29, 1.82) is 5.26 Å². The molecule has 1 fully saturated rings. The van der Waals surface area contributed by atoms with Crippen molar-refractivity contribution in [2.45, 2.75) is 31.3 Å². The van der Waals surface area contributed by atoms with Gasteiger partial charge in [0.15, 0.2) is 0 Å². The van der Waals surface area contributed by atoms with Crippen molar-refractivity contribution in [3.8, 4) is 17.5 Å². The Balaban J connectivity index is 1.48. The summed E-state index contributed by atoms with van der Waals surface area (Å²) in [5.74, 6) is -0.538. The molecule has 0 saturated carbocycles. The molecule has 1 aliphatic rings. The Hall–Kier alpha value is -3.68. The van der Waals surface area contributed by atoms with Crippen LogP contribution < -0.4 is 4.74 Å². The first-order valence-electron chi connectivity index (χ1n) is 11.2. The van der Waals surface area contributed by atoms with E-state index in [1.165, 1.54) is 23.5 Å². The van der Waals surface area contributed by atoms with Gasteiger partial charge in [0, 0.05) is 13.1 Å². The van der Waals surface area contributed by atoms with Gasteiger partial charge in [-0.15, -0.1) is 0 Å². The fraction of sp³-hybridized carbons (Fsp3) is 0.320. The van der Waals surface area contributed by atoms with E-state index < -0.39 is 21.9 Å². The minimum absolute atomic E-state index is 0.0370. The topological polar surface area (TPSA) is 115 Å². The first kappa shape index (κ1) is 24.4. The minimum atomic E-state index is -3.76. The van der Waals surface area contributed by atoms with E-state index >= 15 is 0 Å². The van der Waals surface area contributed by atoms with Crippen molar-refractivity contribution in [3.05, 3.63) is 71.5 Å². The van der Waals surface area contributed by atoms with E-state index in [0.29, 0.717) is 42.1 Å². The number of aryl methyl sites for hydroxylation is 1. The second-order valence-electron chi connectivity index (χ2n) is 8.25. The quantitative estimate of drug-likeness (QED) is 0.463. The van der Waals surface area contributed by atoms with Crippen molar-refractivity contribution in [1.82, 2.24) is 14.1 Å². The first-order chi connectivity index (χ1) is 16.8. The molecule has 1 atom stereocenters. The lowest BCUT2D eigenvalue weighted by atomic mass is 10.00. The monoisotopic (exact) mass is 494 g/mol. The second-order valence-corrected chi connectivity index (χ2v) is 10.2. The number of carbonyl (C=O) groups excluding carboxylic acids is 1. The molecule has 182 valence electrons. The van der Waals surface area contributed by atoms with E-state index in [1.54, 1.807) is 23.7 Å². The SMILES string of the molecule is COc1ccc(S(=O)(=O)N2CCC[C@H](C(=O)OCc3c(C#N)c(C)nn3-c3ccccc3)C2)cc1. The molecule has 9 nitrogen and oxygen atoms in total. The summed E-state index contributed by atoms with van der Waals surface area (Å²) >= 11 is 0. The highest BCUT2D eigenvalue weighted by molar-refractivity contribution is 7.89. The molecule has 0 amide bonds. The van der Waals surface area contributed by atoms with Crippen LogP contribution in [0.1, 0.15) is 29.8 Å². The summed E-state index contributed by atoms with van der Waals surface area (Å²) in [6.45, 7) is 1.96. The summed E-state index contributed by atoms with van der Waals surface area (Å²) in [4.78, 5) is 13.1. The van der Waals surface area contributed by atoms with Crippen LogP contribution in [-0.2, 0) is 26.2 Å². The molecule has 10 heteroatoms. The molecule has 1 saturated heterocycles. The van der Waals surface area contributed by atoms with Gasteiger partial charge < -0.3 is 9.47 Å². The number of nitrogens with zero attached hydrogens (tertiary/aromatic N) is 4. The van der Waals surface area contributed by atoms with Crippen LogP contribution >= 0.6 is 0 Å². The number of hydrogen-bond acceptors (Lipinski definition) is 7. The Morgan fingerprint density at radius 1 is 1.17 bits per heavy atom. The third-order valence-electron chi connectivity index (χ3n) is 6.03. The molecule has 1 aromatic heterocycles. The highest BCUT2D eigenvalue weighted by Crippen LogP contribution is 2.26. The number of methoxy groups -OCH3 is 1. The Kier molecular flexibility index (Phi) is 7.19. The summed E-state index contributed by atoms with van der Waals surface area (Å²) in [6.07, 6.45) is 1.06. The molecule has 1 aliphatic heterocycles. The van der Waals surface area contributed by atoms with Gasteiger partial charge in [-0.25, -0.2) is 13.1 Å². The predicted octanol–water partition coefficient (Wildman–Crippen LogP) is 3.21. The average molecular weight is 495 g/mol. The van der Waals surface area contributed by atoms with Gasteiger partial charge >= 0.3 is 5.97 Å². The number of esters is 1. The number of hydrogen-bond donors (Lipinski definition) is 0. The number of nitriles is 1. The molecule has 4 rings (SSSR count). The molecule has 3 aromatic rings. The lowest BCUT2D eigenvalue weighted by Crippen LogP contribution is -2.42. The smallest absolute Gasteiger partial charge is 0.310 e. The normalized spacial score (nSPS) is 16.4. The maximum Gasteiger partial charge on any atom is 0.310 e. The number of aromatic nitrogens is 2. The van der Waals surface area contributed by atoms with Crippen LogP contribution in [0.2, 0.25) is 0 Å². The van der Waals surface area contributed by atoms with Gasteiger partial charge in [0.2, 0.25) is 10.0 Å². The summed E-state index contributed by atoms with van der Waals surface area (Å²) in [5.41, 5.74) is 2.12. The minimum Gasteiger partial charge on any atom is -0.497 e. The lowest BCUT2D eigenvalue weighted by molar-refractivity contribution is -0.151. The van der Waals surface area contributed by atoms with E-state index in [4.69, 9.17) is 9.47 Å². The van der Waals surface area contributed by atoms with Crippen LogP contribution in [0.3, 0.4) is 0 Å². The van der Waals surface area contributed by atoms with Crippen molar-refractivity contribution < 1.29 is 22.7 Å². The maximum atomic E-state index is 13.1. The molecular formula is C25H26N4O5S. The van der Waals surface area contributed by atoms with Gasteiger partial charge in [-0.3, -0.25) is 4.79 Å². The van der Waals surface area contributed by atoms with Crippen molar-refractivity contribution >= 4 is 16.0 Å². The van der Waals surface area contributed by atoms with E-state index in [-0.39, 0.29) is 18.0 Å². The van der Waals surface area contributed by atoms with Crippen LogP contribution in [0.15, 0.2) is 59.5 Å². The van der Waals surface area contributed by atoms with E-state index in [9.17, 15) is 18.5 Å². The molecule has 35 heavy (non-hydrogen) atoms. The third-order valence-corrected chi connectivity index (χ3v) is 7.91. The Morgan fingerprint density at radius 2 is 1.89 bits per heavy atom. The zero-order valence-corrected chi connectivity index (χ0v) is 20.4. The maximum absolute atomic E-state index is 13.1. The number of ether oxygens (including phenoxy) is 2. The van der Waals surface area contributed by atoms with Gasteiger partial charge in [0.25, 0.3) is 0 Å². The van der Waals surface area contributed by atoms with Gasteiger partial charge in [0.1, 0.15) is 24.0 Å². The molecule has 0 bridgehead atoms. The second kappa shape index (κ2) is 10.3. The van der Waals surface area contributed by atoms with E-state index in [1.807, 2.05) is 30.3 Å². The molecule has 0 radical (unpaired) electrons. The largest absolute Gasteiger partial charge is 0.497 e. The van der Waals surface area contributed by atoms with Crippen LogP contribution in [0.25, 0.3) is 5.69 Å². The number of sulfonamides is 1. The van der Waals surface area contributed by atoms with Crippen LogP contribution in [0.5, 0.6) is 5.75 Å². The first-order valence-corrected chi connectivity index (χ1v) is 12.6. The van der Waals surface area contributed by atoms with Gasteiger partial charge in [-0.05, 0) is 56.2 Å². The van der Waals surface area contributed by atoms with Crippen LogP contribution in [0.4, 0.5) is 0 Å². The Labute approximate surface area is 204 Å². The average Bonchev–Trinajstić information content (AvgIpc) is 3.22. The van der Waals surface area contributed by atoms with Crippen LogP contribution in [0, 0.1) is 24.2 Å². The molecule has 0 unspecified atom stereocenters. The zero-order chi connectivity index (χ0) is 25.0. The van der Waals surface area contributed by atoms with E-state index in [0.717, 1.165) is 5.69 Å². The van der Waals surface area contributed by atoms with Gasteiger partial charge in [-0.2, -0.15) is 14.7 Å². The Morgan fingerprint density at radius 3 is 2.54 bits per heavy atom. The summed E-state index contributed by atoms with van der Waals surface area (Å²) in [7, 11) is -2.25. The third kappa shape index (κ3) is 5.06. The van der Waals surface area contributed by atoms with E-state index in [2.05, 4.69) is 11.2 Å². The van der Waals surface area contributed by atoms with Gasteiger partial charge in [0.05, 0.1) is 35.0 Å². The fourth-order valence-electron chi connectivity index (χ4n) is 4.14. The molecular weight excluding hydrogens is 468 g/mol.